The summed E-state index contributed by atoms with van der Waals surface area (Å²) in [5.74, 6) is 6.84. The van der Waals surface area contributed by atoms with Gasteiger partial charge in [-0.05, 0) is 37.1 Å². The summed E-state index contributed by atoms with van der Waals surface area (Å²) in [6.07, 6.45) is 4.81. The van der Waals surface area contributed by atoms with Crippen molar-refractivity contribution >= 4 is 27.4 Å². The van der Waals surface area contributed by atoms with Gasteiger partial charge in [0, 0.05) is 7.11 Å². The van der Waals surface area contributed by atoms with Crippen LogP contribution in [-0.2, 0) is 16.1 Å². The summed E-state index contributed by atoms with van der Waals surface area (Å²) in [7, 11) is 1.76. The van der Waals surface area contributed by atoms with E-state index in [2.05, 4.69) is 15.4 Å². The first-order valence-electron chi connectivity index (χ1n) is 7.15. The van der Waals surface area contributed by atoms with Crippen LogP contribution in [0.4, 0.5) is 5.82 Å². The molecule has 0 aromatic carbocycles. The Balaban J connectivity index is 1.67. The Labute approximate surface area is 127 Å². The average Bonchev–Trinajstić information content (AvgIpc) is 3.00. The lowest BCUT2D eigenvalue weighted by Gasteiger charge is -2.28. The predicted molar refractivity (Wildman–Crippen MR) is 83.1 cm³/mol. The van der Waals surface area contributed by atoms with Gasteiger partial charge in [0.15, 0.2) is 11.6 Å². The van der Waals surface area contributed by atoms with E-state index in [9.17, 15) is 0 Å². The molecule has 2 unspecified atom stereocenters. The summed E-state index contributed by atoms with van der Waals surface area (Å²) in [6.45, 7) is 0.406. The second-order valence-electron chi connectivity index (χ2n) is 5.23. The number of hydrogen-bond acceptors (Lipinski definition) is 7. The van der Waals surface area contributed by atoms with Crippen molar-refractivity contribution in [3.05, 3.63) is 17.3 Å². The fourth-order valence-corrected chi connectivity index (χ4v) is 3.52. The molecule has 1 aliphatic rings. The third kappa shape index (κ3) is 3.32. The van der Waals surface area contributed by atoms with Crippen molar-refractivity contribution in [1.29, 1.82) is 0 Å². The number of aromatic nitrogens is 2. The van der Waals surface area contributed by atoms with Crippen molar-refractivity contribution in [3.63, 3.8) is 0 Å². The number of fused-ring (bicyclic) bond motifs is 1. The summed E-state index contributed by atoms with van der Waals surface area (Å²) in [5.41, 5.74) is 2.63. The zero-order chi connectivity index (χ0) is 14.7. The van der Waals surface area contributed by atoms with E-state index < -0.39 is 0 Å². The number of nitrogen functional groups attached to an aromatic ring is 1. The minimum Gasteiger partial charge on any atom is -0.381 e. The Morgan fingerprint density at radius 2 is 2.24 bits per heavy atom. The van der Waals surface area contributed by atoms with E-state index in [0.717, 1.165) is 35.9 Å². The van der Waals surface area contributed by atoms with Gasteiger partial charge in [0.1, 0.15) is 11.4 Å². The topological polar surface area (TPSA) is 82.3 Å². The zero-order valence-corrected chi connectivity index (χ0v) is 12.9. The number of hydrogen-bond donors (Lipinski definition) is 2. The van der Waals surface area contributed by atoms with Gasteiger partial charge in [-0.3, -0.25) is 0 Å². The number of rotatable bonds is 5. The van der Waals surface area contributed by atoms with Crippen LogP contribution in [0.3, 0.4) is 0 Å². The van der Waals surface area contributed by atoms with E-state index in [1.165, 1.54) is 0 Å². The maximum absolute atomic E-state index is 5.96. The van der Waals surface area contributed by atoms with E-state index in [1.807, 2.05) is 11.4 Å². The molecule has 114 valence electrons. The number of nitrogens with one attached hydrogen (secondary N) is 1. The molecule has 1 saturated carbocycles. The molecule has 0 aliphatic heterocycles. The first-order valence-corrected chi connectivity index (χ1v) is 8.03. The number of ether oxygens (including phenoxy) is 2. The quantitative estimate of drug-likeness (QED) is 0.652. The van der Waals surface area contributed by atoms with E-state index >= 15 is 0 Å². The second kappa shape index (κ2) is 6.65. The summed E-state index contributed by atoms with van der Waals surface area (Å²) >= 11 is 1.57. The Morgan fingerprint density at radius 1 is 1.38 bits per heavy atom. The van der Waals surface area contributed by atoms with Gasteiger partial charge >= 0.3 is 0 Å². The van der Waals surface area contributed by atoms with Crippen LogP contribution >= 0.6 is 11.3 Å². The van der Waals surface area contributed by atoms with Crippen LogP contribution in [-0.4, -0.2) is 29.3 Å². The molecule has 3 N–H and O–H groups in total. The lowest BCUT2D eigenvalue weighted by atomic mass is 9.95. The maximum atomic E-state index is 5.96. The van der Waals surface area contributed by atoms with E-state index in [0.29, 0.717) is 24.4 Å². The molecule has 2 heterocycles. The number of methoxy groups -OCH3 is 1. The molecular weight excluding hydrogens is 288 g/mol. The van der Waals surface area contributed by atoms with Gasteiger partial charge in [-0.25, -0.2) is 15.8 Å². The Hall–Kier alpha value is -1.28. The van der Waals surface area contributed by atoms with Gasteiger partial charge in [0.2, 0.25) is 0 Å². The SMILES string of the molecule is COC1CCCC(OCc2nc(NN)c3ccsc3n2)C1. The second-order valence-corrected chi connectivity index (χ2v) is 6.12. The molecule has 1 aliphatic carbocycles. The smallest absolute Gasteiger partial charge is 0.158 e. The molecule has 6 nitrogen and oxygen atoms in total. The minimum atomic E-state index is 0.223. The maximum Gasteiger partial charge on any atom is 0.158 e. The van der Waals surface area contributed by atoms with Crippen LogP contribution in [0.25, 0.3) is 10.2 Å². The van der Waals surface area contributed by atoms with Gasteiger partial charge in [0.05, 0.1) is 17.6 Å². The van der Waals surface area contributed by atoms with Crippen molar-refractivity contribution in [2.24, 2.45) is 5.84 Å². The standard InChI is InChI=1S/C14H20N4O2S/c1-19-9-3-2-4-10(7-9)20-8-12-16-13(18-15)11-5-6-21-14(11)17-12/h5-6,9-10H,2-4,7-8,15H2,1H3,(H,16,17,18). The summed E-state index contributed by atoms with van der Waals surface area (Å²) in [5, 5.41) is 2.93. The fraction of sp³-hybridized carbons (Fsp3) is 0.571. The van der Waals surface area contributed by atoms with Gasteiger partial charge in [-0.1, -0.05) is 0 Å². The van der Waals surface area contributed by atoms with Crippen molar-refractivity contribution in [3.8, 4) is 0 Å². The van der Waals surface area contributed by atoms with Gasteiger partial charge < -0.3 is 14.9 Å². The number of anilines is 1. The van der Waals surface area contributed by atoms with E-state index in [1.54, 1.807) is 18.4 Å². The molecule has 21 heavy (non-hydrogen) atoms. The molecule has 2 aromatic rings. The molecule has 1 fully saturated rings. The van der Waals surface area contributed by atoms with Crippen LogP contribution in [0.5, 0.6) is 0 Å². The average molecular weight is 308 g/mol. The number of nitrogens with zero attached hydrogens (tertiary/aromatic N) is 2. The van der Waals surface area contributed by atoms with Crippen LogP contribution < -0.4 is 11.3 Å². The summed E-state index contributed by atoms with van der Waals surface area (Å²) in [6, 6.07) is 1.96. The molecule has 2 aromatic heterocycles. The van der Waals surface area contributed by atoms with Crippen molar-refractivity contribution in [1.82, 2.24) is 9.97 Å². The monoisotopic (exact) mass is 308 g/mol. The first-order chi connectivity index (χ1) is 10.3. The largest absolute Gasteiger partial charge is 0.381 e. The Bertz CT molecular complexity index is 604. The molecule has 3 rings (SSSR count). The highest BCUT2D eigenvalue weighted by Crippen LogP contribution is 2.26. The highest BCUT2D eigenvalue weighted by Gasteiger charge is 2.22. The fourth-order valence-electron chi connectivity index (χ4n) is 2.73. The number of hydrazine groups is 1. The molecule has 0 radical (unpaired) electrons. The zero-order valence-electron chi connectivity index (χ0n) is 12.0. The van der Waals surface area contributed by atoms with Crippen LogP contribution in [0, 0.1) is 0 Å². The Kier molecular flexibility index (Phi) is 4.64. The van der Waals surface area contributed by atoms with Crippen LogP contribution in [0.2, 0.25) is 0 Å². The van der Waals surface area contributed by atoms with Crippen LogP contribution in [0.1, 0.15) is 31.5 Å². The van der Waals surface area contributed by atoms with Gasteiger partial charge in [-0.15, -0.1) is 11.3 Å². The van der Waals surface area contributed by atoms with Crippen LogP contribution in [0.15, 0.2) is 11.4 Å². The highest BCUT2D eigenvalue weighted by atomic mass is 32.1. The molecule has 7 heteroatoms. The Morgan fingerprint density at radius 3 is 3.05 bits per heavy atom. The predicted octanol–water partition coefficient (Wildman–Crippen LogP) is 2.45. The highest BCUT2D eigenvalue weighted by molar-refractivity contribution is 7.16. The lowest BCUT2D eigenvalue weighted by molar-refractivity contribution is -0.0380. The molecule has 0 amide bonds. The summed E-state index contributed by atoms with van der Waals surface area (Å²) in [4.78, 5) is 9.87. The number of thiophene rings is 1. The van der Waals surface area contributed by atoms with Gasteiger partial charge in [-0.2, -0.15) is 0 Å². The normalized spacial score (nSPS) is 22.6. The molecular formula is C14H20N4O2S. The van der Waals surface area contributed by atoms with Crippen molar-refractivity contribution in [2.75, 3.05) is 12.5 Å². The molecule has 2 atom stereocenters. The molecule has 0 saturated heterocycles. The third-order valence-corrected chi connectivity index (χ3v) is 4.67. The molecule has 0 bridgehead atoms. The van der Waals surface area contributed by atoms with Crippen molar-refractivity contribution in [2.45, 2.75) is 44.5 Å². The van der Waals surface area contributed by atoms with Crippen molar-refractivity contribution < 1.29 is 9.47 Å². The summed E-state index contributed by atoms with van der Waals surface area (Å²) < 4.78 is 11.4. The minimum absolute atomic E-state index is 0.223. The van der Waals surface area contributed by atoms with Gasteiger partial charge in [0.25, 0.3) is 0 Å². The lowest BCUT2D eigenvalue weighted by Crippen LogP contribution is -2.27. The first kappa shape index (κ1) is 14.6. The third-order valence-electron chi connectivity index (χ3n) is 3.87. The number of nitrogens with two attached hydrogens (primary N) is 1. The van der Waals surface area contributed by atoms with E-state index in [-0.39, 0.29) is 6.10 Å². The van der Waals surface area contributed by atoms with E-state index in [4.69, 9.17) is 15.3 Å². The molecule has 0 spiro atoms.